The number of nitrogens with one attached hydrogen (secondary N) is 2. The Morgan fingerprint density at radius 3 is 1.69 bits per heavy atom. The summed E-state index contributed by atoms with van der Waals surface area (Å²) in [7, 11) is 0. The molecule has 0 aromatic heterocycles. The Balaban J connectivity index is 1.80. The zero-order chi connectivity index (χ0) is 18.5. The molecule has 2 aliphatic heterocycles. The van der Waals surface area contributed by atoms with E-state index in [0.29, 0.717) is 26.3 Å². The molecule has 2 atom stereocenters. The molecule has 0 spiro atoms. The summed E-state index contributed by atoms with van der Waals surface area (Å²) in [6.07, 6.45) is 3.68. The molecule has 0 bridgehead atoms. The fourth-order valence-electron chi connectivity index (χ4n) is 3.22. The summed E-state index contributed by atoms with van der Waals surface area (Å²) >= 11 is 0. The molecule has 2 N–H and O–H groups in total. The van der Waals surface area contributed by atoms with Crippen molar-refractivity contribution in [1.82, 2.24) is 0 Å². The van der Waals surface area contributed by atoms with E-state index < -0.39 is 9.85 Å². The minimum absolute atomic E-state index is 0.00639. The summed E-state index contributed by atoms with van der Waals surface area (Å²) in [6.45, 7) is 2.21. The Kier molecular flexibility index (Phi) is 5.84. The molecule has 3 rings (SSSR count). The standard InChI is InChI=1S/C16H22N4O6/c21-19(22)15-8-16(20(23)24)14(18-10-12-4-2-6-26-12)7-13(15)17-9-11-3-1-5-25-11/h7-8,11-12,17-18H,1-6,9-10H2. The fourth-order valence-corrected chi connectivity index (χ4v) is 3.22. The first-order valence-corrected chi connectivity index (χ1v) is 8.72. The van der Waals surface area contributed by atoms with Crippen LogP contribution in [0, 0.1) is 20.2 Å². The number of hydrogen-bond donors (Lipinski definition) is 2. The molecular formula is C16H22N4O6. The Hall–Kier alpha value is -2.46. The number of nitro benzene ring substituents is 2. The van der Waals surface area contributed by atoms with Crippen LogP contribution >= 0.6 is 0 Å². The number of ether oxygens (including phenoxy) is 2. The lowest BCUT2D eigenvalue weighted by Crippen LogP contribution is -2.20. The first kappa shape index (κ1) is 18.3. The van der Waals surface area contributed by atoms with Gasteiger partial charge in [0.15, 0.2) is 0 Å². The molecule has 1 aromatic rings. The van der Waals surface area contributed by atoms with Gasteiger partial charge in [-0.05, 0) is 31.7 Å². The third-order valence-electron chi connectivity index (χ3n) is 4.60. The average Bonchev–Trinajstić information content (AvgIpc) is 3.31. The molecule has 2 unspecified atom stereocenters. The Morgan fingerprint density at radius 1 is 0.885 bits per heavy atom. The predicted octanol–water partition coefficient (Wildman–Crippen LogP) is 2.68. The summed E-state index contributed by atoms with van der Waals surface area (Å²) in [5.41, 5.74) is -0.161. The second-order valence-electron chi connectivity index (χ2n) is 6.43. The van der Waals surface area contributed by atoms with Crippen LogP contribution in [0.2, 0.25) is 0 Å². The molecule has 10 heteroatoms. The lowest BCUT2D eigenvalue weighted by Gasteiger charge is -2.15. The van der Waals surface area contributed by atoms with E-state index in [1.807, 2.05) is 0 Å². The fraction of sp³-hybridized carbons (Fsp3) is 0.625. The van der Waals surface area contributed by atoms with E-state index in [-0.39, 0.29) is 35.0 Å². The molecule has 0 aliphatic carbocycles. The number of rotatable bonds is 8. The largest absolute Gasteiger partial charge is 0.377 e. The Morgan fingerprint density at radius 2 is 1.35 bits per heavy atom. The van der Waals surface area contributed by atoms with Gasteiger partial charge in [-0.15, -0.1) is 0 Å². The smallest absolute Gasteiger partial charge is 0.299 e. The van der Waals surface area contributed by atoms with Gasteiger partial charge in [0.1, 0.15) is 11.4 Å². The van der Waals surface area contributed by atoms with Crippen LogP contribution in [0.4, 0.5) is 22.7 Å². The highest BCUT2D eigenvalue weighted by Gasteiger charge is 2.26. The van der Waals surface area contributed by atoms with Gasteiger partial charge in [0.05, 0.1) is 28.1 Å². The van der Waals surface area contributed by atoms with E-state index in [2.05, 4.69) is 10.6 Å². The van der Waals surface area contributed by atoms with Crippen LogP contribution in [0.3, 0.4) is 0 Å². The van der Waals surface area contributed by atoms with Crippen LogP contribution in [-0.2, 0) is 9.47 Å². The van der Waals surface area contributed by atoms with Gasteiger partial charge in [-0.2, -0.15) is 0 Å². The second kappa shape index (κ2) is 8.28. The average molecular weight is 366 g/mol. The van der Waals surface area contributed by atoms with Gasteiger partial charge in [-0.1, -0.05) is 0 Å². The lowest BCUT2D eigenvalue weighted by molar-refractivity contribution is -0.393. The highest BCUT2D eigenvalue weighted by molar-refractivity contribution is 5.76. The van der Waals surface area contributed by atoms with Crippen LogP contribution in [-0.4, -0.2) is 48.4 Å². The number of nitrogens with zero attached hydrogens (tertiary/aromatic N) is 2. The summed E-state index contributed by atoms with van der Waals surface area (Å²) in [6, 6.07) is 2.43. The van der Waals surface area contributed by atoms with Crippen molar-refractivity contribution in [3.05, 3.63) is 32.4 Å². The number of nitro groups is 2. The van der Waals surface area contributed by atoms with Crippen LogP contribution in [0.25, 0.3) is 0 Å². The summed E-state index contributed by atoms with van der Waals surface area (Å²) in [4.78, 5) is 21.5. The van der Waals surface area contributed by atoms with Gasteiger partial charge in [0.25, 0.3) is 11.4 Å². The summed E-state index contributed by atoms with van der Waals surface area (Å²) in [5, 5.41) is 28.7. The van der Waals surface area contributed by atoms with Gasteiger partial charge in [-0.3, -0.25) is 20.2 Å². The van der Waals surface area contributed by atoms with Gasteiger partial charge in [0.2, 0.25) is 0 Å². The van der Waals surface area contributed by atoms with E-state index in [4.69, 9.17) is 9.47 Å². The Bertz CT molecular complexity index is 618. The molecule has 1 aromatic carbocycles. The SMILES string of the molecule is O=[N+]([O-])c1cc([N+](=O)[O-])c(NCC2CCCO2)cc1NCC1CCCO1. The molecule has 0 saturated carbocycles. The lowest BCUT2D eigenvalue weighted by atomic mass is 10.1. The molecule has 2 fully saturated rings. The molecule has 26 heavy (non-hydrogen) atoms. The maximum atomic E-state index is 11.3. The van der Waals surface area contributed by atoms with Crippen molar-refractivity contribution < 1.29 is 19.3 Å². The first-order valence-electron chi connectivity index (χ1n) is 8.72. The van der Waals surface area contributed by atoms with Crippen molar-refractivity contribution in [3.8, 4) is 0 Å². The number of anilines is 2. The monoisotopic (exact) mass is 366 g/mol. The van der Waals surface area contributed by atoms with E-state index in [1.165, 1.54) is 6.07 Å². The van der Waals surface area contributed by atoms with Gasteiger partial charge in [0, 0.05) is 26.3 Å². The van der Waals surface area contributed by atoms with E-state index in [0.717, 1.165) is 31.7 Å². The van der Waals surface area contributed by atoms with E-state index in [1.54, 1.807) is 0 Å². The zero-order valence-corrected chi connectivity index (χ0v) is 14.3. The van der Waals surface area contributed by atoms with Crippen molar-refractivity contribution in [2.24, 2.45) is 0 Å². The second-order valence-corrected chi connectivity index (χ2v) is 6.43. The molecule has 2 aliphatic rings. The van der Waals surface area contributed by atoms with Crippen molar-refractivity contribution in [2.75, 3.05) is 36.9 Å². The van der Waals surface area contributed by atoms with Crippen LogP contribution in [0.5, 0.6) is 0 Å². The normalized spacial score (nSPS) is 22.3. The minimum atomic E-state index is -0.616. The number of benzene rings is 1. The molecular weight excluding hydrogens is 344 g/mol. The maximum Gasteiger partial charge on any atom is 0.299 e. The van der Waals surface area contributed by atoms with Crippen molar-refractivity contribution in [3.63, 3.8) is 0 Å². The zero-order valence-electron chi connectivity index (χ0n) is 14.3. The van der Waals surface area contributed by atoms with Gasteiger partial charge in [-0.25, -0.2) is 0 Å². The maximum absolute atomic E-state index is 11.3. The van der Waals surface area contributed by atoms with E-state index >= 15 is 0 Å². The first-order chi connectivity index (χ1) is 12.5. The molecule has 10 nitrogen and oxygen atoms in total. The quantitative estimate of drug-likeness (QED) is 0.531. The molecule has 142 valence electrons. The summed E-state index contributed by atoms with van der Waals surface area (Å²) in [5.74, 6) is 0. The highest BCUT2D eigenvalue weighted by atomic mass is 16.6. The number of hydrogen-bond acceptors (Lipinski definition) is 8. The Labute approximate surface area is 150 Å². The molecule has 2 saturated heterocycles. The van der Waals surface area contributed by atoms with E-state index in [9.17, 15) is 20.2 Å². The van der Waals surface area contributed by atoms with Crippen molar-refractivity contribution in [2.45, 2.75) is 37.9 Å². The summed E-state index contributed by atoms with van der Waals surface area (Å²) < 4.78 is 11.0. The van der Waals surface area contributed by atoms with Crippen LogP contribution in [0.1, 0.15) is 25.7 Å². The minimum Gasteiger partial charge on any atom is -0.377 e. The van der Waals surface area contributed by atoms with Crippen LogP contribution in [0.15, 0.2) is 12.1 Å². The molecule has 2 heterocycles. The molecule has 0 radical (unpaired) electrons. The highest BCUT2D eigenvalue weighted by Crippen LogP contribution is 2.36. The van der Waals surface area contributed by atoms with Crippen molar-refractivity contribution >= 4 is 22.7 Å². The van der Waals surface area contributed by atoms with Crippen LogP contribution < -0.4 is 10.6 Å². The molecule has 0 amide bonds. The topological polar surface area (TPSA) is 129 Å². The van der Waals surface area contributed by atoms with Gasteiger partial charge >= 0.3 is 0 Å². The van der Waals surface area contributed by atoms with Gasteiger partial charge < -0.3 is 20.1 Å². The van der Waals surface area contributed by atoms with Crippen molar-refractivity contribution in [1.29, 1.82) is 0 Å². The predicted molar refractivity (Wildman–Crippen MR) is 94.7 cm³/mol. The third-order valence-corrected chi connectivity index (χ3v) is 4.60. The third kappa shape index (κ3) is 4.38.